The number of nitrogens with zero attached hydrogens (tertiary/aromatic N) is 2. The van der Waals surface area contributed by atoms with E-state index in [1.54, 1.807) is 0 Å². The summed E-state index contributed by atoms with van der Waals surface area (Å²) < 4.78 is 2.17. The van der Waals surface area contributed by atoms with E-state index in [-0.39, 0.29) is 11.5 Å². The van der Waals surface area contributed by atoms with Gasteiger partial charge in [0.2, 0.25) is 0 Å². The predicted molar refractivity (Wildman–Crippen MR) is 118 cm³/mol. The molecule has 0 saturated heterocycles. The van der Waals surface area contributed by atoms with E-state index in [9.17, 15) is 10.2 Å². The smallest absolute Gasteiger partial charge is 0.0949 e. The number of aliphatic hydroxyl groups is 2. The highest BCUT2D eigenvalue weighted by atomic mass is 16.3. The fraction of sp³-hybridized carbons (Fsp3) is 0.880. The molecule has 8 atom stereocenters. The van der Waals surface area contributed by atoms with Crippen LogP contribution in [0.1, 0.15) is 89.7 Å². The molecule has 0 aromatic carbocycles. The van der Waals surface area contributed by atoms with Crippen molar-refractivity contribution in [2.75, 3.05) is 6.54 Å². The van der Waals surface area contributed by atoms with Gasteiger partial charge in [0.25, 0.3) is 0 Å². The molecule has 0 aliphatic heterocycles. The van der Waals surface area contributed by atoms with Crippen LogP contribution in [0.15, 0.2) is 12.5 Å². The van der Waals surface area contributed by atoms with Crippen molar-refractivity contribution >= 4 is 0 Å². The predicted octanol–water partition coefficient (Wildman–Crippen LogP) is 3.83. The minimum Gasteiger partial charge on any atom is -0.393 e. The Morgan fingerprint density at radius 1 is 1.10 bits per heavy atom. The maximum absolute atomic E-state index is 12.3. The number of hydrogen-bond donors (Lipinski definition) is 3. The van der Waals surface area contributed by atoms with Crippen molar-refractivity contribution in [1.82, 2.24) is 9.55 Å². The van der Waals surface area contributed by atoms with E-state index in [0.717, 1.165) is 57.9 Å². The normalized spacial score (nSPS) is 48.1. The molecule has 168 valence electrons. The number of aliphatic hydroxyl groups excluding tert-OH is 1. The molecule has 1 heterocycles. The van der Waals surface area contributed by atoms with Gasteiger partial charge in [0.05, 0.1) is 23.7 Å². The molecule has 0 radical (unpaired) electrons. The van der Waals surface area contributed by atoms with Gasteiger partial charge in [0, 0.05) is 24.1 Å². The van der Waals surface area contributed by atoms with Gasteiger partial charge in [-0.2, -0.15) is 0 Å². The van der Waals surface area contributed by atoms with E-state index in [0.29, 0.717) is 35.6 Å². The van der Waals surface area contributed by atoms with E-state index < -0.39 is 5.60 Å². The highest BCUT2D eigenvalue weighted by Gasteiger charge is 2.67. The molecule has 1 aromatic rings. The molecule has 0 bridgehead atoms. The van der Waals surface area contributed by atoms with Gasteiger partial charge in [-0.05, 0) is 93.9 Å². The monoisotopic (exact) mass is 415 g/mol. The first kappa shape index (κ1) is 21.0. The average molecular weight is 416 g/mol. The Morgan fingerprint density at radius 3 is 2.73 bits per heavy atom. The lowest BCUT2D eigenvalue weighted by Crippen LogP contribution is -2.62. The number of aromatic nitrogens is 2. The van der Waals surface area contributed by atoms with Crippen LogP contribution in [0.4, 0.5) is 0 Å². The molecule has 4 N–H and O–H groups in total. The van der Waals surface area contributed by atoms with Crippen molar-refractivity contribution in [2.24, 2.45) is 34.3 Å². The van der Waals surface area contributed by atoms with Crippen LogP contribution in [0.25, 0.3) is 0 Å². The van der Waals surface area contributed by atoms with E-state index in [1.807, 2.05) is 6.33 Å². The second-order valence-corrected chi connectivity index (χ2v) is 11.6. The van der Waals surface area contributed by atoms with Crippen molar-refractivity contribution in [2.45, 2.75) is 102 Å². The number of aryl methyl sites for hydroxylation is 1. The Bertz CT molecular complexity index is 780. The van der Waals surface area contributed by atoms with Gasteiger partial charge < -0.3 is 20.5 Å². The van der Waals surface area contributed by atoms with Gasteiger partial charge in [-0.25, -0.2) is 4.98 Å². The molecule has 30 heavy (non-hydrogen) atoms. The second kappa shape index (κ2) is 7.31. The Hall–Kier alpha value is -0.910. The van der Waals surface area contributed by atoms with Crippen LogP contribution in [0.5, 0.6) is 0 Å². The van der Waals surface area contributed by atoms with Crippen LogP contribution in [-0.4, -0.2) is 38.0 Å². The first-order valence-electron chi connectivity index (χ1n) is 12.4. The Kier molecular flexibility index (Phi) is 5.11. The molecule has 4 aliphatic carbocycles. The number of nitrogens with two attached hydrogens (primary N) is 1. The summed E-state index contributed by atoms with van der Waals surface area (Å²) in [5.41, 5.74) is 6.48. The minimum atomic E-state index is -0.578. The third-order valence-electron chi connectivity index (χ3n) is 10.5. The highest BCUT2D eigenvalue weighted by molar-refractivity contribution is 5.24. The van der Waals surface area contributed by atoms with E-state index in [1.165, 1.54) is 18.5 Å². The lowest BCUT2D eigenvalue weighted by atomic mass is 9.43. The zero-order valence-electron chi connectivity index (χ0n) is 18.9. The third kappa shape index (κ3) is 2.87. The quantitative estimate of drug-likeness (QED) is 0.698. The summed E-state index contributed by atoms with van der Waals surface area (Å²) in [5, 5.41) is 22.6. The van der Waals surface area contributed by atoms with Crippen molar-refractivity contribution in [1.29, 1.82) is 0 Å². The summed E-state index contributed by atoms with van der Waals surface area (Å²) in [6.07, 6.45) is 14.6. The molecule has 2 unspecified atom stereocenters. The molecule has 4 aliphatic rings. The fourth-order valence-electron chi connectivity index (χ4n) is 8.63. The molecule has 5 heteroatoms. The molecular formula is C25H41N3O2. The lowest BCUT2D eigenvalue weighted by molar-refractivity contribution is -0.205. The fourth-order valence-corrected chi connectivity index (χ4v) is 8.63. The first-order chi connectivity index (χ1) is 14.3. The van der Waals surface area contributed by atoms with Crippen molar-refractivity contribution in [3.8, 4) is 0 Å². The topological polar surface area (TPSA) is 84.3 Å². The standard InChI is InChI=1S/C25H41N3O2/c1-23-9-6-18(29)14-17(23)4-5-20-19(23)7-10-24(2)21(8-11-25(20,24)30)22-15-28(16-27-22)13-3-12-26/h15-21,29-30H,3-14,26H2,1-2H3/t17-,18+,19?,20?,21-,23+,24-,25+/m1/s1. The van der Waals surface area contributed by atoms with E-state index in [2.05, 4.69) is 24.6 Å². The zero-order valence-corrected chi connectivity index (χ0v) is 18.9. The van der Waals surface area contributed by atoms with Crippen LogP contribution in [0, 0.1) is 28.6 Å². The molecule has 0 spiro atoms. The van der Waals surface area contributed by atoms with E-state index >= 15 is 0 Å². The maximum Gasteiger partial charge on any atom is 0.0949 e. The van der Waals surface area contributed by atoms with Crippen molar-refractivity contribution in [3.63, 3.8) is 0 Å². The van der Waals surface area contributed by atoms with Gasteiger partial charge in [0.15, 0.2) is 0 Å². The van der Waals surface area contributed by atoms with Crippen molar-refractivity contribution < 1.29 is 10.2 Å². The molecule has 5 rings (SSSR count). The Balaban J connectivity index is 1.41. The average Bonchev–Trinajstić information content (AvgIpc) is 3.29. The molecule has 5 nitrogen and oxygen atoms in total. The Labute approximate surface area is 181 Å². The third-order valence-corrected chi connectivity index (χ3v) is 10.5. The number of hydrogen-bond acceptors (Lipinski definition) is 4. The van der Waals surface area contributed by atoms with Crippen molar-refractivity contribution in [3.05, 3.63) is 18.2 Å². The van der Waals surface area contributed by atoms with Gasteiger partial charge in [-0.1, -0.05) is 13.8 Å². The summed E-state index contributed by atoms with van der Waals surface area (Å²) in [7, 11) is 0. The summed E-state index contributed by atoms with van der Waals surface area (Å²) in [6.45, 7) is 6.47. The summed E-state index contributed by atoms with van der Waals surface area (Å²) in [5.74, 6) is 1.98. The molecule has 4 fully saturated rings. The number of rotatable bonds is 4. The maximum atomic E-state index is 12.3. The largest absolute Gasteiger partial charge is 0.393 e. The second-order valence-electron chi connectivity index (χ2n) is 11.6. The van der Waals surface area contributed by atoms with Crippen LogP contribution in [0.3, 0.4) is 0 Å². The number of imidazole rings is 1. The summed E-state index contributed by atoms with van der Waals surface area (Å²) in [4.78, 5) is 4.79. The van der Waals surface area contributed by atoms with Gasteiger partial charge >= 0.3 is 0 Å². The van der Waals surface area contributed by atoms with Crippen LogP contribution in [0.2, 0.25) is 0 Å². The van der Waals surface area contributed by atoms with Gasteiger partial charge in [-0.15, -0.1) is 0 Å². The number of fused-ring (bicyclic) bond motifs is 5. The first-order valence-corrected chi connectivity index (χ1v) is 12.4. The van der Waals surface area contributed by atoms with Crippen LogP contribution >= 0.6 is 0 Å². The minimum absolute atomic E-state index is 0.0847. The molecule has 4 saturated carbocycles. The highest BCUT2D eigenvalue weighted by Crippen LogP contribution is 2.70. The van der Waals surface area contributed by atoms with Gasteiger partial charge in [0.1, 0.15) is 0 Å². The van der Waals surface area contributed by atoms with Gasteiger partial charge in [-0.3, -0.25) is 0 Å². The van der Waals surface area contributed by atoms with E-state index in [4.69, 9.17) is 10.7 Å². The van der Waals surface area contributed by atoms with Crippen LogP contribution < -0.4 is 5.73 Å². The Morgan fingerprint density at radius 2 is 1.93 bits per heavy atom. The van der Waals surface area contributed by atoms with Crippen LogP contribution in [-0.2, 0) is 6.54 Å². The summed E-state index contributed by atoms with van der Waals surface area (Å²) in [6, 6.07) is 0. The summed E-state index contributed by atoms with van der Waals surface area (Å²) >= 11 is 0. The molecular weight excluding hydrogens is 374 g/mol. The molecule has 0 amide bonds. The lowest BCUT2D eigenvalue weighted by Gasteiger charge is -2.63. The SMILES string of the molecule is C[C@]12CC[C@H](O)C[C@H]1CCC1C2CC[C@]2(C)[C@@H](c3cn(CCCN)cn3)CC[C@]12O. The zero-order chi connectivity index (χ0) is 21.1. The molecule has 1 aromatic heterocycles.